The third-order valence-electron chi connectivity index (χ3n) is 5.09. The molecule has 3 rings (SSSR count). The maximum atomic E-state index is 6.40. The van der Waals surface area contributed by atoms with Gasteiger partial charge >= 0.3 is 0 Å². The summed E-state index contributed by atoms with van der Waals surface area (Å²) in [6.07, 6.45) is 4.39. The third kappa shape index (κ3) is 7.36. The topological polar surface area (TPSA) is 58.1 Å². The quantitative estimate of drug-likeness (QED) is 0.326. The Labute approximate surface area is 196 Å². The number of nitrogens with one attached hydrogen (secondary N) is 2. The number of hydrogen-bond acceptors (Lipinski definition) is 4. The zero-order valence-electron chi connectivity index (χ0n) is 17.5. The van der Waals surface area contributed by atoms with Crippen molar-refractivity contribution in [3.63, 3.8) is 0 Å². The largest absolute Gasteiger partial charge is 0.489 e. The normalized spacial score (nSPS) is 18.0. The molecule has 0 spiro atoms. The molecule has 2 heterocycles. The summed E-state index contributed by atoms with van der Waals surface area (Å²) in [5.41, 5.74) is 1.02. The van der Waals surface area contributed by atoms with E-state index in [2.05, 4.69) is 29.4 Å². The molecular weight excluding hydrogens is 503 g/mol. The van der Waals surface area contributed by atoms with Crippen molar-refractivity contribution in [2.24, 2.45) is 4.99 Å². The maximum absolute atomic E-state index is 6.40. The second kappa shape index (κ2) is 12.7. The lowest BCUT2D eigenvalue weighted by atomic mass is 10.1. The van der Waals surface area contributed by atoms with Gasteiger partial charge in [0.15, 0.2) is 17.5 Å². The summed E-state index contributed by atoms with van der Waals surface area (Å²) in [7, 11) is 0. The highest BCUT2D eigenvalue weighted by atomic mass is 127. The highest BCUT2D eigenvalue weighted by Crippen LogP contribution is 2.38. The van der Waals surface area contributed by atoms with Gasteiger partial charge in [0.25, 0.3) is 0 Å². The second-order valence-electron chi connectivity index (χ2n) is 7.41. The fourth-order valence-corrected chi connectivity index (χ4v) is 3.96. The van der Waals surface area contributed by atoms with Crippen molar-refractivity contribution in [3.05, 3.63) is 22.7 Å². The molecule has 0 atom stereocenters. The van der Waals surface area contributed by atoms with Crippen LogP contribution in [-0.2, 0) is 6.54 Å². The predicted octanol–water partition coefficient (Wildman–Crippen LogP) is 4.05. The first kappa shape index (κ1) is 24.3. The number of guanidine groups is 1. The van der Waals surface area contributed by atoms with E-state index in [0.717, 1.165) is 56.2 Å². The van der Waals surface area contributed by atoms with Crippen LogP contribution in [0.3, 0.4) is 0 Å². The second-order valence-corrected chi connectivity index (χ2v) is 7.82. The van der Waals surface area contributed by atoms with Gasteiger partial charge < -0.3 is 25.0 Å². The molecule has 1 fully saturated rings. The minimum absolute atomic E-state index is 0. The number of nitrogens with zero attached hydrogens (tertiary/aromatic N) is 2. The van der Waals surface area contributed by atoms with Crippen molar-refractivity contribution in [3.8, 4) is 11.5 Å². The summed E-state index contributed by atoms with van der Waals surface area (Å²) in [5, 5.41) is 7.55. The van der Waals surface area contributed by atoms with Crippen molar-refractivity contribution in [1.29, 1.82) is 0 Å². The molecule has 2 aliphatic rings. The standard InChI is InChI=1S/C21H33ClN4O2.HI/c1-3-8-26-9-6-17(7-10-26)25-21(23-4-2)24-15-16-13-18(22)20-19(14-16)27-11-5-12-28-20;/h13-14,17H,3-12,15H2,1-2H3,(H2,23,24,25);1H. The number of likely N-dealkylation sites (tertiary alicyclic amines) is 1. The molecule has 2 N–H and O–H groups in total. The van der Waals surface area contributed by atoms with Gasteiger partial charge in [-0.05, 0) is 50.4 Å². The zero-order valence-corrected chi connectivity index (χ0v) is 20.6. The first-order chi connectivity index (χ1) is 13.7. The summed E-state index contributed by atoms with van der Waals surface area (Å²) in [6.45, 7) is 10.5. The minimum atomic E-state index is 0. The number of halogens is 2. The van der Waals surface area contributed by atoms with E-state index >= 15 is 0 Å². The minimum Gasteiger partial charge on any atom is -0.489 e. The molecule has 1 saturated heterocycles. The van der Waals surface area contributed by atoms with Gasteiger partial charge in [0.1, 0.15) is 0 Å². The van der Waals surface area contributed by atoms with Gasteiger partial charge in [-0.1, -0.05) is 18.5 Å². The Morgan fingerprint density at radius 2 is 1.97 bits per heavy atom. The lowest BCUT2D eigenvalue weighted by Crippen LogP contribution is -2.48. The molecule has 1 aromatic carbocycles. The van der Waals surface area contributed by atoms with Gasteiger partial charge in [-0.15, -0.1) is 24.0 Å². The summed E-state index contributed by atoms with van der Waals surface area (Å²) in [4.78, 5) is 7.32. The number of hydrogen-bond donors (Lipinski definition) is 2. The third-order valence-corrected chi connectivity index (χ3v) is 5.37. The van der Waals surface area contributed by atoms with E-state index in [9.17, 15) is 0 Å². The molecule has 0 aliphatic carbocycles. The van der Waals surface area contributed by atoms with Crippen LogP contribution in [-0.4, -0.2) is 56.3 Å². The van der Waals surface area contributed by atoms with Crippen molar-refractivity contribution >= 4 is 41.5 Å². The molecule has 0 radical (unpaired) electrons. The van der Waals surface area contributed by atoms with E-state index in [1.54, 1.807) is 0 Å². The molecule has 0 amide bonds. The zero-order chi connectivity index (χ0) is 19.8. The van der Waals surface area contributed by atoms with Crippen molar-refractivity contribution < 1.29 is 9.47 Å². The van der Waals surface area contributed by atoms with Gasteiger partial charge in [0.05, 0.1) is 24.8 Å². The van der Waals surface area contributed by atoms with Gasteiger partial charge in [0.2, 0.25) is 0 Å². The summed E-state index contributed by atoms with van der Waals surface area (Å²) in [6, 6.07) is 4.38. The average Bonchev–Trinajstić information content (AvgIpc) is 2.94. The SMILES string of the molecule is CCCN1CCC(NC(=NCc2cc(Cl)c3c(c2)OCCCO3)NCC)CC1.I. The maximum Gasteiger partial charge on any atom is 0.191 e. The Bertz CT molecular complexity index is 666. The van der Waals surface area contributed by atoms with Gasteiger partial charge in [-0.25, -0.2) is 4.99 Å². The summed E-state index contributed by atoms with van der Waals surface area (Å²) >= 11 is 6.40. The van der Waals surface area contributed by atoms with E-state index in [0.29, 0.717) is 36.6 Å². The van der Waals surface area contributed by atoms with Crippen LogP contribution in [0.5, 0.6) is 11.5 Å². The number of fused-ring (bicyclic) bond motifs is 1. The van der Waals surface area contributed by atoms with Crippen LogP contribution < -0.4 is 20.1 Å². The predicted molar refractivity (Wildman–Crippen MR) is 130 cm³/mol. The first-order valence-electron chi connectivity index (χ1n) is 10.5. The first-order valence-corrected chi connectivity index (χ1v) is 10.9. The number of ether oxygens (including phenoxy) is 2. The fourth-order valence-electron chi connectivity index (χ4n) is 3.68. The van der Waals surface area contributed by atoms with Crippen LogP contribution in [0.1, 0.15) is 45.1 Å². The Hall–Kier alpha value is -0.930. The molecule has 1 aromatic rings. The Balaban J connectivity index is 0.00000300. The molecule has 8 heteroatoms. The monoisotopic (exact) mass is 536 g/mol. The van der Waals surface area contributed by atoms with E-state index in [4.69, 9.17) is 26.1 Å². The van der Waals surface area contributed by atoms with Crippen LogP contribution in [0.25, 0.3) is 0 Å². The molecule has 0 bridgehead atoms. The van der Waals surface area contributed by atoms with Crippen molar-refractivity contribution in [2.45, 2.75) is 52.1 Å². The van der Waals surface area contributed by atoms with Crippen molar-refractivity contribution in [2.75, 3.05) is 39.4 Å². The van der Waals surface area contributed by atoms with E-state index in [1.165, 1.54) is 13.0 Å². The Morgan fingerprint density at radius 1 is 1.21 bits per heavy atom. The van der Waals surface area contributed by atoms with Crippen LogP contribution in [0, 0.1) is 0 Å². The highest BCUT2D eigenvalue weighted by Gasteiger charge is 2.19. The lowest BCUT2D eigenvalue weighted by Gasteiger charge is -2.32. The molecule has 0 unspecified atom stereocenters. The molecule has 2 aliphatic heterocycles. The Kier molecular flexibility index (Phi) is 10.7. The number of aliphatic imine (C=N–C) groups is 1. The van der Waals surface area contributed by atoms with Gasteiger partial charge in [0, 0.05) is 32.1 Å². The van der Waals surface area contributed by atoms with E-state index in [1.807, 2.05) is 12.1 Å². The summed E-state index contributed by atoms with van der Waals surface area (Å²) < 4.78 is 11.5. The number of rotatable bonds is 6. The summed E-state index contributed by atoms with van der Waals surface area (Å²) in [5.74, 6) is 2.23. The Morgan fingerprint density at radius 3 is 2.69 bits per heavy atom. The molecule has 0 aromatic heterocycles. The molecule has 164 valence electrons. The molecule has 29 heavy (non-hydrogen) atoms. The lowest BCUT2D eigenvalue weighted by molar-refractivity contribution is 0.206. The molecule has 0 saturated carbocycles. The molecular formula is C21H34ClIN4O2. The van der Waals surface area contributed by atoms with E-state index < -0.39 is 0 Å². The van der Waals surface area contributed by atoms with Gasteiger partial charge in [-0.3, -0.25) is 0 Å². The highest BCUT2D eigenvalue weighted by molar-refractivity contribution is 14.0. The van der Waals surface area contributed by atoms with Crippen LogP contribution in [0.2, 0.25) is 5.02 Å². The van der Waals surface area contributed by atoms with E-state index in [-0.39, 0.29) is 24.0 Å². The smallest absolute Gasteiger partial charge is 0.191 e. The molecule has 6 nitrogen and oxygen atoms in total. The van der Waals surface area contributed by atoms with Crippen LogP contribution >= 0.6 is 35.6 Å². The van der Waals surface area contributed by atoms with Crippen molar-refractivity contribution in [1.82, 2.24) is 15.5 Å². The number of benzene rings is 1. The average molecular weight is 537 g/mol. The van der Waals surface area contributed by atoms with Gasteiger partial charge in [-0.2, -0.15) is 0 Å². The fraction of sp³-hybridized carbons (Fsp3) is 0.667. The van der Waals surface area contributed by atoms with Crippen LogP contribution in [0.4, 0.5) is 0 Å². The number of piperidine rings is 1. The van der Waals surface area contributed by atoms with Crippen LogP contribution in [0.15, 0.2) is 17.1 Å².